The van der Waals surface area contributed by atoms with Gasteiger partial charge in [-0.3, -0.25) is 9.80 Å². The van der Waals surface area contributed by atoms with E-state index in [-0.39, 0.29) is 6.01 Å². The van der Waals surface area contributed by atoms with Crippen LogP contribution < -0.4 is 15.0 Å². The predicted octanol–water partition coefficient (Wildman–Crippen LogP) is 2.19. The molecule has 6 rings (SSSR count). The van der Waals surface area contributed by atoms with E-state index >= 15 is 0 Å². The Bertz CT molecular complexity index is 1320. The first-order valence-electron chi connectivity index (χ1n) is 12.5. The first kappa shape index (κ1) is 22.9. The molecule has 2 N–H and O–H groups in total. The molecule has 0 unspecified atom stereocenters. The third kappa shape index (κ3) is 4.64. The Balaban J connectivity index is 1.28. The molecule has 0 aliphatic carbocycles. The first-order chi connectivity index (χ1) is 17.8. The van der Waals surface area contributed by atoms with Crippen LogP contribution in [0.2, 0.25) is 0 Å². The van der Waals surface area contributed by atoms with Gasteiger partial charge in [0.05, 0.1) is 42.2 Å². The van der Waals surface area contributed by atoms with Crippen molar-refractivity contribution in [3.8, 4) is 11.8 Å². The highest BCUT2D eigenvalue weighted by atomic mass is 16.5. The van der Waals surface area contributed by atoms with Gasteiger partial charge in [-0.2, -0.15) is 9.97 Å². The number of aromatic nitrogens is 5. The molecule has 188 valence electrons. The highest BCUT2D eigenvalue weighted by molar-refractivity contribution is 6.14. The summed E-state index contributed by atoms with van der Waals surface area (Å²) >= 11 is 0. The molecule has 2 fully saturated rings. The standard InChI is InChI=1S/C25H31N9O2/c1-26-20-4-2-3-19-21-23(29-22(19)20)30-25(36-18-15-27-17-28-16-18)31-24(21)34-9-7-32(8-10-34)5-6-33-11-13-35-14-12-33/h2-4,15-17,26H,5-14H2,1H3,(H,29,30,31). The third-order valence-corrected chi connectivity index (χ3v) is 6.97. The van der Waals surface area contributed by atoms with E-state index in [1.54, 1.807) is 12.4 Å². The molecule has 11 heteroatoms. The van der Waals surface area contributed by atoms with Crippen molar-refractivity contribution in [2.45, 2.75) is 0 Å². The maximum atomic E-state index is 5.96. The van der Waals surface area contributed by atoms with Gasteiger partial charge in [0.2, 0.25) is 0 Å². The number of rotatable bonds is 7. The van der Waals surface area contributed by atoms with Crippen LogP contribution in [-0.4, -0.2) is 107 Å². The van der Waals surface area contributed by atoms with E-state index in [9.17, 15) is 0 Å². The highest BCUT2D eigenvalue weighted by Crippen LogP contribution is 2.36. The zero-order chi connectivity index (χ0) is 24.3. The lowest BCUT2D eigenvalue weighted by molar-refractivity contribution is 0.0331. The van der Waals surface area contributed by atoms with Crippen molar-refractivity contribution in [3.63, 3.8) is 0 Å². The number of nitrogens with one attached hydrogen (secondary N) is 2. The summed E-state index contributed by atoms with van der Waals surface area (Å²) < 4.78 is 11.4. The summed E-state index contributed by atoms with van der Waals surface area (Å²) in [5.74, 6) is 1.39. The second-order valence-corrected chi connectivity index (χ2v) is 9.12. The van der Waals surface area contributed by atoms with Gasteiger partial charge in [-0.05, 0) is 6.07 Å². The van der Waals surface area contributed by atoms with Gasteiger partial charge in [-0.25, -0.2) is 9.97 Å². The number of morpholine rings is 1. The maximum absolute atomic E-state index is 5.96. The van der Waals surface area contributed by atoms with E-state index in [2.05, 4.69) is 53.2 Å². The summed E-state index contributed by atoms with van der Waals surface area (Å²) in [5.41, 5.74) is 2.78. The zero-order valence-electron chi connectivity index (χ0n) is 20.5. The fourth-order valence-corrected chi connectivity index (χ4v) is 5.00. The van der Waals surface area contributed by atoms with E-state index in [1.165, 1.54) is 6.33 Å². The summed E-state index contributed by atoms with van der Waals surface area (Å²) in [6.07, 6.45) is 4.69. The fraction of sp³-hybridized carbons (Fsp3) is 0.440. The quantitative estimate of drug-likeness (QED) is 0.401. The van der Waals surface area contributed by atoms with E-state index in [4.69, 9.17) is 19.4 Å². The predicted molar refractivity (Wildman–Crippen MR) is 139 cm³/mol. The van der Waals surface area contributed by atoms with Gasteiger partial charge in [0.15, 0.2) is 5.75 Å². The lowest BCUT2D eigenvalue weighted by Gasteiger charge is -2.37. The Morgan fingerprint density at radius 3 is 2.47 bits per heavy atom. The van der Waals surface area contributed by atoms with Crippen LogP contribution in [0.25, 0.3) is 21.9 Å². The van der Waals surface area contributed by atoms with E-state index < -0.39 is 0 Å². The normalized spacial score (nSPS) is 17.6. The fourth-order valence-electron chi connectivity index (χ4n) is 5.00. The minimum Gasteiger partial charge on any atom is -0.421 e. The van der Waals surface area contributed by atoms with Crippen LogP contribution in [0.5, 0.6) is 11.8 Å². The van der Waals surface area contributed by atoms with Gasteiger partial charge < -0.3 is 24.7 Å². The number of aromatic amines is 1. The molecule has 0 radical (unpaired) electrons. The van der Waals surface area contributed by atoms with E-state index in [0.29, 0.717) is 5.75 Å². The number of H-pyrrole nitrogens is 1. The molecular formula is C25H31N9O2. The number of anilines is 2. The topological polar surface area (TPSA) is 108 Å². The van der Waals surface area contributed by atoms with Crippen LogP contribution in [0.4, 0.5) is 11.5 Å². The van der Waals surface area contributed by atoms with Crippen LogP contribution in [0.15, 0.2) is 36.9 Å². The summed E-state index contributed by atoms with van der Waals surface area (Å²) in [6, 6.07) is 6.50. The molecule has 0 amide bonds. The number of hydrogen-bond donors (Lipinski definition) is 2. The molecule has 5 heterocycles. The van der Waals surface area contributed by atoms with Crippen LogP contribution in [-0.2, 0) is 4.74 Å². The monoisotopic (exact) mass is 489 g/mol. The van der Waals surface area contributed by atoms with Gasteiger partial charge in [0.25, 0.3) is 0 Å². The molecular weight excluding hydrogens is 458 g/mol. The Morgan fingerprint density at radius 2 is 1.72 bits per heavy atom. The highest BCUT2D eigenvalue weighted by Gasteiger charge is 2.24. The van der Waals surface area contributed by atoms with Crippen LogP contribution >= 0.6 is 0 Å². The van der Waals surface area contributed by atoms with Crippen molar-refractivity contribution in [1.82, 2.24) is 34.7 Å². The van der Waals surface area contributed by atoms with Gasteiger partial charge in [0, 0.05) is 64.8 Å². The van der Waals surface area contributed by atoms with Crippen molar-refractivity contribution < 1.29 is 9.47 Å². The number of hydrogen-bond acceptors (Lipinski definition) is 10. The van der Waals surface area contributed by atoms with Gasteiger partial charge >= 0.3 is 6.01 Å². The minimum absolute atomic E-state index is 0.277. The lowest BCUT2D eigenvalue weighted by Crippen LogP contribution is -2.49. The Kier molecular flexibility index (Phi) is 6.50. The Hall–Kier alpha value is -3.54. The average molecular weight is 490 g/mol. The summed E-state index contributed by atoms with van der Waals surface area (Å²) in [6.45, 7) is 9.68. The second-order valence-electron chi connectivity index (χ2n) is 9.12. The molecule has 11 nitrogen and oxygen atoms in total. The van der Waals surface area contributed by atoms with Crippen LogP contribution in [0.1, 0.15) is 0 Å². The Labute approximate surface area is 209 Å². The number of benzene rings is 1. The first-order valence-corrected chi connectivity index (χ1v) is 12.5. The number of nitrogens with zero attached hydrogens (tertiary/aromatic N) is 7. The molecule has 2 aliphatic heterocycles. The summed E-state index contributed by atoms with van der Waals surface area (Å²) in [7, 11) is 1.92. The number of piperazine rings is 1. The smallest absolute Gasteiger partial charge is 0.326 e. The molecule has 0 bridgehead atoms. The van der Waals surface area contributed by atoms with Crippen molar-refractivity contribution >= 4 is 33.4 Å². The molecule has 0 spiro atoms. The molecule has 2 aliphatic rings. The van der Waals surface area contributed by atoms with Crippen molar-refractivity contribution in [2.75, 3.05) is 82.8 Å². The Morgan fingerprint density at radius 1 is 0.972 bits per heavy atom. The van der Waals surface area contributed by atoms with Gasteiger partial charge in [-0.15, -0.1) is 0 Å². The maximum Gasteiger partial charge on any atom is 0.326 e. The van der Waals surface area contributed by atoms with Gasteiger partial charge in [-0.1, -0.05) is 12.1 Å². The van der Waals surface area contributed by atoms with E-state index in [1.807, 2.05) is 7.05 Å². The molecule has 0 atom stereocenters. The SMILES string of the molecule is CNc1cccc2c1[nH]c1nc(Oc3cncnc3)nc(N3CCN(CCN4CCOCC4)CC3)c12. The number of para-hydroxylation sites is 1. The minimum atomic E-state index is 0.277. The van der Waals surface area contributed by atoms with Gasteiger partial charge in [0.1, 0.15) is 17.8 Å². The third-order valence-electron chi connectivity index (χ3n) is 6.97. The largest absolute Gasteiger partial charge is 0.421 e. The number of ether oxygens (including phenoxy) is 2. The van der Waals surface area contributed by atoms with Crippen molar-refractivity contribution in [1.29, 1.82) is 0 Å². The zero-order valence-corrected chi connectivity index (χ0v) is 20.5. The van der Waals surface area contributed by atoms with E-state index in [0.717, 1.165) is 99.0 Å². The number of fused-ring (bicyclic) bond motifs is 3. The second kappa shape index (κ2) is 10.2. The molecule has 0 saturated carbocycles. The van der Waals surface area contributed by atoms with Crippen LogP contribution in [0, 0.1) is 0 Å². The molecule has 3 aromatic heterocycles. The molecule has 2 saturated heterocycles. The lowest BCUT2D eigenvalue weighted by atomic mass is 10.1. The molecule has 1 aromatic carbocycles. The van der Waals surface area contributed by atoms with Crippen molar-refractivity contribution in [2.24, 2.45) is 0 Å². The van der Waals surface area contributed by atoms with Crippen molar-refractivity contribution in [3.05, 3.63) is 36.9 Å². The summed E-state index contributed by atoms with van der Waals surface area (Å²) in [5, 5.41) is 5.38. The molecule has 4 aromatic rings. The molecule has 36 heavy (non-hydrogen) atoms. The average Bonchev–Trinajstić information content (AvgIpc) is 3.31. The summed E-state index contributed by atoms with van der Waals surface area (Å²) in [4.78, 5) is 28.6. The van der Waals surface area contributed by atoms with Crippen LogP contribution in [0.3, 0.4) is 0 Å².